The van der Waals surface area contributed by atoms with Gasteiger partial charge in [-0.3, -0.25) is 4.79 Å². The lowest BCUT2D eigenvalue weighted by atomic mass is 9.79. The van der Waals surface area contributed by atoms with Gasteiger partial charge in [-0.1, -0.05) is 6.92 Å². The second-order valence-corrected chi connectivity index (χ2v) is 4.15. The summed E-state index contributed by atoms with van der Waals surface area (Å²) in [6, 6.07) is 0.147. The van der Waals surface area contributed by atoms with Crippen molar-refractivity contribution in [3.8, 4) is 0 Å². The van der Waals surface area contributed by atoms with Crippen LogP contribution in [0.15, 0.2) is 0 Å². The average molecular weight is 201 g/mol. The van der Waals surface area contributed by atoms with E-state index in [2.05, 4.69) is 12.2 Å². The van der Waals surface area contributed by atoms with Crippen LogP contribution in [0.25, 0.3) is 0 Å². The number of rotatable bonds is 6. The second kappa shape index (κ2) is 5.32. The van der Waals surface area contributed by atoms with Gasteiger partial charge >= 0.3 is 5.97 Å². The summed E-state index contributed by atoms with van der Waals surface area (Å²) in [5, 5.41) is 20.7. The predicted molar refractivity (Wildman–Crippen MR) is 53.0 cm³/mol. The molecule has 0 aromatic rings. The molecular formula is C10H19NO3. The van der Waals surface area contributed by atoms with Crippen molar-refractivity contribution in [3.05, 3.63) is 0 Å². The Morgan fingerprint density at radius 3 is 2.71 bits per heavy atom. The zero-order chi connectivity index (χ0) is 10.6. The van der Waals surface area contributed by atoms with E-state index in [1.54, 1.807) is 0 Å². The van der Waals surface area contributed by atoms with Crippen molar-refractivity contribution in [1.29, 1.82) is 0 Å². The van der Waals surface area contributed by atoms with E-state index in [1.807, 2.05) is 0 Å². The molecule has 14 heavy (non-hydrogen) atoms. The number of aliphatic hydroxyl groups excluding tert-OH is 1. The molecular weight excluding hydrogens is 182 g/mol. The first kappa shape index (κ1) is 11.5. The lowest BCUT2D eigenvalue weighted by Crippen LogP contribution is -2.48. The molecule has 3 atom stereocenters. The van der Waals surface area contributed by atoms with Gasteiger partial charge in [0.1, 0.15) is 0 Å². The first-order valence-corrected chi connectivity index (χ1v) is 5.22. The standard InChI is InChI=1S/C10H19NO3/c1-7(4-5-12)6-11-9-3-2-8(9)10(13)14/h7-9,11-12H,2-6H2,1H3,(H,13,14). The van der Waals surface area contributed by atoms with Gasteiger partial charge in [-0.2, -0.15) is 0 Å². The van der Waals surface area contributed by atoms with Gasteiger partial charge < -0.3 is 15.5 Å². The van der Waals surface area contributed by atoms with Crippen molar-refractivity contribution in [2.45, 2.75) is 32.2 Å². The number of aliphatic carboxylic acids is 1. The molecule has 1 rings (SSSR count). The van der Waals surface area contributed by atoms with Gasteiger partial charge in [-0.15, -0.1) is 0 Å². The molecule has 1 saturated carbocycles. The van der Waals surface area contributed by atoms with E-state index < -0.39 is 5.97 Å². The highest BCUT2D eigenvalue weighted by Gasteiger charge is 2.36. The molecule has 0 aromatic carbocycles. The number of aliphatic hydroxyl groups is 1. The summed E-state index contributed by atoms with van der Waals surface area (Å²) < 4.78 is 0. The Labute approximate surface area is 84.3 Å². The van der Waals surface area contributed by atoms with Gasteiger partial charge in [0.25, 0.3) is 0 Å². The fourth-order valence-electron chi connectivity index (χ4n) is 1.71. The lowest BCUT2D eigenvalue weighted by Gasteiger charge is -2.34. The summed E-state index contributed by atoms with van der Waals surface area (Å²) in [5.41, 5.74) is 0. The Bertz CT molecular complexity index is 196. The molecule has 0 aliphatic heterocycles. The summed E-state index contributed by atoms with van der Waals surface area (Å²) in [6.07, 6.45) is 2.53. The van der Waals surface area contributed by atoms with Gasteiger partial charge in [0.05, 0.1) is 5.92 Å². The van der Waals surface area contributed by atoms with Crippen molar-refractivity contribution in [3.63, 3.8) is 0 Å². The highest BCUT2D eigenvalue weighted by Crippen LogP contribution is 2.27. The van der Waals surface area contributed by atoms with E-state index in [0.29, 0.717) is 5.92 Å². The molecule has 1 fully saturated rings. The SMILES string of the molecule is CC(CCO)CNC1CCC1C(=O)O. The quantitative estimate of drug-likeness (QED) is 0.584. The summed E-state index contributed by atoms with van der Waals surface area (Å²) in [5.74, 6) is -0.477. The van der Waals surface area contributed by atoms with Crippen LogP contribution in [-0.4, -0.2) is 35.4 Å². The third-order valence-corrected chi connectivity index (χ3v) is 2.94. The smallest absolute Gasteiger partial charge is 0.308 e. The topological polar surface area (TPSA) is 69.6 Å². The zero-order valence-electron chi connectivity index (χ0n) is 8.57. The van der Waals surface area contributed by atoms with E-state index in [-0.39, 0.29) is 18.6 Å². The molecule has 1 aliphatic carbocycles. The molecule has 1 aliphatic rings. The van der Waals surface area contributed by atoms with Crippen LogP contribution in [0, 0.1) is 11.8 Å². The third kappa shape index (κ3) is 2.96. The summed E-state index contributed by atoms with van der Waals surface area (Å²) >= 11 is 0. The molecule has 0 bridgehead atoms. The normalized spacial score (nSPS) is 28.1. The van der Waals surface area contributed by atoms with Crippen LogP contribution in [0.2, 0.25) is 0 Å². The molecule has 3 unspecified atom stereocenters. The van der Waals surface area contributed by atoms with Gasteiger partial charge in [0.2, 0.25) is 0 Å². The fourth-order valence-corrected chi connectivity index (χ4v) is 1.71. The van der Waals surface area contributed by atoms with Gasteiger partial charge in [0, 0.05) is 12.6 Å². The number of carboxylic acids is 1. The monoisotopic (exact) mass is 201 g/mol. The van der Waals surface area contributed by atoms with Crippen molar-refractivity contribution < 1.29 is 15.0 Å². The molecule has 0 saturated heterocycles. The molecule has 82 valence electrons. The molecule has 0 heterocycles. The minimum Gasteiger partial charge on any atom is -0.481 e. The van der Waals surface area contributed by atoms with Crippen molar-refractivity contribution in [2.75, 3.05) is 13.2 Å². The number of hydrogen-bond acceptors (Lipinski definition) is 3. The van der Waals surface area contributed by atoms with E-state index in [9.17, 15) is 4.79 Å². The van der Waals surface area contributed by atoms with Crippen molar-refractivity contribution >= 4 is 5.97 Å². The molecule has 3 N–H and O–H groups in total. The van der Waals surface area contributed by atoms with Crippen molar-refractivity contribution in [2.24, 2.45) is 11.8 Å². The molecule has 0 amide bonds. The summed E-state index contributed by atoms with van der Waals surface area (Å²) in [4.78, 5) is 10.7. The van der Waals surface area contributed by atoms with Crippen LogP contribution in [0.1, 0.15) is 26.2 Å². The van der Waals surface area contributed by atoms with Crippen LogP contribution in [0.4, 0.5) is 0 Å². The van der Waals surface area contributed by atoms with Crippen LogP contribution < -0.4 is 5.32 Å². The highest BCUT2D eigenvalue weighted by molar-refractivity contribution is 5.72. The number of hydrogen-bond donors (Lipinski definition) is 3. The predicted octanol–water partition coefficient (Wildman–Crippen LogP) is 0.458. The minimum atomic E-state index is -0.691. The van der Waals surface area contributed by atoms with Crippen LogP contribution in [0.5, 0.6) is 0 Å². The number of nitrogens with one attached hydrogen (secondary N) is 1. The molecule has 4 heteroatoms. The zero-order valence-corrected chi connectivity index (χ0v) is 8.57. The molecule has 0 aromatic heterocycles. The Hall–Kier alpha value is -0.610. The molecule has 0 radical (unpaired) electrons. The Kier molecular flexibility index (Phi) is 4.35. The van der Waals surface area contributed by atoms with Crippen molar-refractivity contribution in [1.82, 2.24) is 5.32 Å². The molecule has 0 spiro atoms. The largest absolute Gasteiger partial charge is 0.481 e. The third-order valence-electron chi connectivity index (χ3n) is 2.94. The first-order valence-electron chi connectivity index (χ1n) is 5.22. The van der Waals surface area contributed by atoms with Gasteiger partial charge in [-0.25, -0.2) is 0 Å². The Morgan fingerprint density at radius 2 is 2.29 bits per heavy atom. The second-order valence-electron chi connectivity index (χ2n) is 4.15. The van der Waals surface area contributed by atoms with E-state index in [0.717, 1.165) is 25.8 Å². The van der Waals surface area contributed by atoms with E-state index in [4.69, 9.17) is 10.2 Å². The average Bonchev–Trinajstić information content (AvgIpc) is 2.01. The lowest BCUT2D eigenvalue weighted by molar-refractivity contribution is -0.146. The van der Waals surface area contributed by atoms with Crippen LogP contribution >= 0.6 is 0 Å². The van der Waals surface area contributed by atoms with Gasteiger partial charge in [0.15, 0.2) is 0 Å². The van der Waals surface area contributed by atoms with Gasteiger partial charge in [-0.05, 0) is 31.7 Å². The number of carboxylic acid groups (broad SMARTS) is 1. The Balaban J connectivity index is 2.15. The first-order chi connectivity index (χ1) is 6.65. The maximum atomic E-state index is 10.7. The van der Waals surface area contributed by atoms with E-state index >= 15 is 0 Å². The van der Waals surface area contributed by atoms with E-state index in [1.165, 1.54) is 0 Å². The maximum Gasteiger partial charge on any atom is 0.308 e. The summed E-state index contributed by atoms with van der Waals surface area (Å²) in [7, 11) is 0. The van der Waals surface area contributed by atoms with Crippen LogP contribution in [-0.2, 0) is 4.79 Å². The van der Waals surface area contributed by atoms with Crippen LogP contribution in [0.3, 0.4) is 0 Å². The maximum absolute atomic E-state index is 10.7. The summed E-state index contributed by atoms with van der Waals surface area (Å²) in [6.45, 7) is 3.06. The minimum absolute atomic E-state index is 0.147. The number of carbonyl (C=O) groups is 1. The Morgan fingerprint density at radius 1 is 1.57 bits per heavy atom. The highest BCUT2D eigenvalue weighted by atomic mass is 16.4. The fraction of sp³-hybridized carbons (Fsp3) is 0.900. The molecule has 4 nitrogen and oxygen atoms in total.